The van der Waals surface area contributed by atoms with E-state index in [1.165, 1.54) is 49.4 Å². The first-order valence-corrected chi connectivity index (χ1v) is 10.0. The smallest absolute Gasteiger partial charge is 0.192 e. The Balaban J connectivity index is 1.97. The van der Waals surface area contributed by atoms with Gasteiger partial charge in [0.1, 0.15) is 0 Å². The second-order valence-corrected chi connectivity index (χ2v) is 8.68. The van der Waals surface area contributed by atoms with Crippen LogP contribution in [0.3, 0.4) is 0 Å². The minimum absolute atomic E-state index is 0.142. The van der Waals surface area contributed by atoms with Crippen LogP contribution in [0.2, 0.25) is 0 Å². The van der Waals surface area contributed by atoms with Gasteiger partial charge in [-0.3, -0.25) is 4.57 Å². The lowest BCUT2D eigenvalue weighted by molar-refractivity contribution is 0.339. The van der Waals surface area contributed by atoms with E-state index in [1.54, 1.807) is 0 Å². The van der Waals surface area contributed by atoms with Gasteiger partial charge in [-0.05, 0) is 23.8 Å². The van der Waals surface area contributed by atoms with Gasteiger partial charge in [-0.25, -0.2) is 0 Å². The zero-order chi connectivity index (χ0) is 17.9. The molecule has 2 aromatic rings. The Morgan fingerprint density at radius 2 is 1.80 bits per heavy atom. The van der Waals surface area contributed by atoms with Crippen LogP contribution in [0.5, 0.6) is 0 Å². The molecule has 0 aliphatic heterocycles. The Labute approximate surface area is 154 Å². The molecular formula is C20H26N4S. The lowest BCUT2D eigenvalue weighted by atomic mass is 9.86. The van der Waals surface area contributed by atoms with E-state index in [2.05, 4.69) is 65.9 Å². The molecule has 1 aromatic heterocycles. The largest absolute Gasteiger partial charge is 0.299 e. The van der Waals surface area contributed by atoms with E-state index in [0.717, 1.165) is 16.5 Å². The molecule has 132 valence electrons. The van der Waals surface area contributed by atoms with Crippen molar-refractivity contribution >= 4 is 11.8 Å². The average Bonchev–Trinajstić information content (AvgIpc) is 3.04. The van der Waals surface area contributed by atoms with Gasteiger partial charge in [-0.2, -0.15) is 5.26 Å². The van der Waals surface area contributed by atoms with Crippen LogP contribution in [0.15, 0.2) is 29.4 Å². The summed E-state index contributed by atoms with van der Waals surface area (Å²) in [5.41, 5.74) is 2.57. The van der Waals surface area contributed by atoms with Crippen LogP contribution >= 0.6 is 11.8 Å². The fraction of sp³-hybridized carbons (Fsp3) is 0.550. The van der Waals surface area contributed by atoms with E-state index in [1.807, 2.05) is 0 Å². The second-order valence-electron chi connectivity index (χ2n) is 7.74. The first-order chi connectivity index (χ1) is 12.0. The third kappa shape index (κ3) is 4.07. The van der Waals surface area contributed by atoms with Crippen LogP contribution in [0.25, 0.3) is 11.4 Å². The van der Waals surface area contributed by atoms with Crippen LogP contribution in [0.1, 0.15) is 64.5 Å². The molecule has 0 N–H and O–H groups in total. The van der Waals surface area contributed by atoms with E-state index in [-0.39, 0.29) is 5.41 Å². The number of nitrogens with zero attached hydrogens (tertiary/aromatic N) is 4. The Morgan fingerprint density at radius 1 is 1.12 bits per heavy atom. The van der Waals surface area contributed by atoms with Gasteiger partial charge in [-0.1, -0.05) is 76.1 Å². The maximum absolute atomic E-state index is 8.93. The summed E-state index contributed by atoms with van der Waals surface area (Å²) in [6.45, 7) is 6.68. The molecule has 4 nitrogen and oxygen atoms in total. The summed E-state index contributed by atoms with van der Waals surface area (Å²) in [4.78, 5) is 0. The quantitative estimate of drug-likeness (QED) is 0.693. The van der Waals surface area contributed by atoms with Crippen molar-refractivity contribution in [2.24, 2.45) is 0 Å². The molecule has 0 amide bonds. The summed E-state index contributed by atoms with van der Waals surface area (Å²) in [7, 11) is 0. The van der Waals surface area contributed by atoms with Crippen molar-refractivity contribution in [3.05, 3.63) is 29.8 Å². The van der Waals surface area contributed by atoms with Gasteiger partial charge in [0.15, 0.2) is 11.0 Å². The van der Waals surface area contributed by atoms with Crippen molar-refractivity contribution in [3.8, 4) is 17.5 Å². The van der Waals surface area contributed by atoms with Crippen LogP contribution in [0, 0.1) is 11.3 Å². The third-order valence-corrected chi connectivity index (χ3v) is 5.69. The highest BCUT2D eigenvalue weighted by Crippen LogP contribution is 2.36. The molecule has 1 aliphatic carbocycles. The third-order valence-electron chi connectivity index (χ3n) is 4.88. The molecule has 25 heavy (non-hydrogen) atoms. The zero-order valence-corrected chi connectivity index (χ0v) is 16.1. The van der Waals surface area contributed by atoms with Crippen molar-refractivity contribution in [2.45, 2.75) is 69.5 Å². The lowest BCUT2D eigenvalue weighted by Crippen LogP contribution is -2.15. The summed E-state index contributed by atoms with van der Waals surface area (Å²) >= 11 is 1.49. The maximum Gasteiger partial charge on any atom is 0.192 e. The molecule has 0 saturated heterocycles. The topological polar surface area (TPSA) is 54.5 Å². The minimum atomic E-state index is 0.142. The summed E-state index contributed by atoms with van der Waals surface area (Å²) in [6.07, 6.45) is 6.17. The minimum Gasteiger partial charge on any atom is -0.299 e. The van der Waals surface area contributed by atoms with Crippen LogP contribution < -0.4 is 0 Å². The molecule has 0 unspecified atom stereocenters. The lowest BCUT2D eigenvalue weighted by Gasteiger charge is -2.25. The number of hydrogen-bond donors (Lipinski definition) is 0. The predicted molar refractivity (Wildman–Crippen MR) is 103 cm³/mol. The molecule has 0 bridgehead atoms. The highest BCUT2D eigenvalue weighted by molar-refractivity contribution is 7.99. The summed E-state index contributed by atoms with van der Waals surface area (Å²) < 4.78 is 2.28. The molecule has 5 heteroatoms. The second kappa shape index (κ2) is 7.61. The van der Waals surface area contributed by atoms with E-state index < -0.39 is 0 Å². The molecule has 0 spiro atoms. The van der Waals surface area contributed by atoms with Gasteiger partial charge in [0, 0.05) is 11.6 Å². The van der Waals surface area contributed by atoms with Crippen molar-refractivity contribution in [1.29, 1.82) is 5.26 Å². The Kier molecular flexibility index (Phi) is 5.48. The number of hydrogen-bond acceptors (Lipinski definition) is 4. The zero-order valence-electron chi connectivity index (χ0n) is 15.3. The number of thioether (sulfide) groups is 1. The van der Waals surface area contributed by atoms with E-state index in [4.69, 9.17) is 5.26 Å². The fourth-order valence-corrected chi connectivity index (χ4v) is 4.12. The number of benzene rings is 1. The Bertz CT molecular complexity index is 743. The summed E-state index contributed by atoms with van der Waals surface area (Å²) in [5.74, 6) is 1.35. The van der Waals surface area contributed by atoms with Gasteiger partial charge in [0.25, 0.3) is 0 Å². The molecule has 3 rings (SSSR count). The molecular weight excluding hydrogens is 328 g/mol. The first-order valence-electron chi connectivity index (χ1n) is 9.06. The fourth-order valence-electron chi connectivity index (χ4n) is 3.46. The summed E-state index contributed by atoms with van der Waals surface area (Å²) in [5, 5.41) is 18.7. The van der Waals surface area contributed by atoms with Gasteiger partial charge in [0.2, 0.25) is 0 Å². The Morgan fingerprint density at radius 3 is 2.40 bits per heavy atom. The van der Waals surface area contributed by atoms with Crippen molar-refractivity contribution in [3.63, 3.8) is 0 Å². The van der Waals surface area contributed by atoms with Crippen LogP contribution in [0.4, 0.5) is 0 Å². The van der Waals surface area contributed by atoms with Gasteiger partial charge in [0.05, 0.1) is 11.8 Å². The molecule has 0 radical (unpaired) electrons. The predicted octanol–water partition coefficient (Wildman–Crippen LogP) is 5.36. The standard InChI is InChI=1S/C20H26N4S/c1-20(2,3)16-11-9-15(10-12-16)18-22-23-19(25-14-13-21)24(18)17-7-5-4-6-8-17/h9-12,17H,4-8,14H2,1-3H3. The van der Waals surface area contributed by atoms with Gasteiger partial charge >= 0.3 is 0 Å². The number of nitriles is 1. The highest BCUT2D eigenvalue weighted by Gasteiger charge is 2.24. The molecule has 1 aromatic carbocycles. The average molecular weight is 355 g/mol. The SMILES string of the molecule is CC(C)(C)c1ccc(-c2nnc(SCC#N)n2C2CCCCC2)cc1. The van der Waals surface area contributed by atoms with Crippen LogP contribution in [-0.2, 0) is 5.41 Å². The molecule has 1 heterocycles. The van der Waals surface area contributed by atoms with E-state index in [0.29, 0.717) is 11.8 Å². The van der Waals surface area contributed by atoms with Crippen molar-refractivity contribution < 1.29 is 0 Å². The Hall–Kier alpha value is -1.80. The van der Waals surface area contributed by atoms with Gasteiger partial charge in [-0.15, -0.1) is 10.2 Å². The number of aromatic nitrogens is 3. The summed E-state index contributed by atoms with van der Waals surface area (Å²) in [6, 6.07) is 11.3. The van der Waals surface area contributed by atoms with E-state index >= 15 is 0 Å². The van der Waals surface area contributed by atoms with Crippen molar-refractivity contribution in [1.82, 2.24) is 14.8 Å². The molecule has 1 aliphatic rings. The molecule has 1 fully saturated rings. The molecule has 0 atom stereocenters. The first kappa shape index (κ1) is 18.0. The van der Waals surface area contributed by atoms with E-state index in [9.17, 15) is 0 Å². The van der Waals surface area contributed by atoms with Crippen LogP contribution in [-0.4, -0.2) is 20.5 Å². The monoisotopic (exact) mass is 354 g/mol. The number of rotatable bonds is 4. The normalized spacial score (nSPS) is 15.9. The maximum atomic E-state index is 8.93. The van der Waals surface area contributed by atoms with Crippen molar-refractivity contribution in [2.75, 3.05) is 5.75 Å². The highest BCUT2D eigenvalue weighted by atomic mass is 32.2. The molecule has 1 saturated carbocycles. The van der Waals surface area contributed by atoms with Gasteiger partial charge < -0.3 is 0 Å².